The Labute approximate surface area is 101 Å². The zero-order chi connectivity index (χ0) is 12.5. The smallest absolute Gasteiger partial charge is 0.313 e. The van der Waals surface area contributed by atoms with Crippen molar-refractivity contribution in [3.8, 4) is 0 Å². The first-order valence-corrected chi connectivity index (χ1v) is 5.68. The second-order valence-electron chi connectivity index (χ2n) is 3.58. The lowest BCUT2D eigenvalue weighted by Gasteiger charge is -2.15. The summed E-state index contributed by atoms with van der Waals surface area (Å²) in [6.45, 7) is 2.61. The Hall–Kier alpha value is -1.84. The van der Waals surface area contributed by atoms with Crippen LogP contribution in [0.3, 0.4) is 0 Å². The number of nitrogens with one attached hydrogen (secondary N) is 1. The van der Waals surface area contributed by atoms with Gasteiger partial charge in [-0.15, -0.1) is 0 Å². The number of ether oxygens (including phenoxy) is 1. The SMILES string of the molecule is CCOC(=O)C(CCNC=O)c1ccccc1. The molecule has 1 N–H and O–H groups in total. The topological polar surface area (TPSA) is 55.4 Å². The first kappa shape index (κ1) is 13.2. The first-order chi connectivity index (χ1) is 8.29. The molecule has 0 heterocycles. The van der Waals surface area contributed by atoms with Gasteiger partial charge in [0.25, 0.3) is 0 Å². The average molecular weight is 235 g/mol. The van der Waals surface area contributed by atoms with Crippen LogP contribution in [-0.2, 0) is 14.3 Å². The molecule has 0 saturated heterocycles. The lowest BCUT2D eigenvalue weighted by atomic mass is 9.96. The fraction of sp³-hybridized carbons (Fsp3) is 0.385. The summed E-state index contributed by atoms with van der Waals surface area (Å²) < 4.78 is 5.03. The van der Waals surface area contributed by atoms with Crippen molar-refractivity contribution in [2.24, 2.45) is 0 Å². The van der Waals surface area contributed by atoms with E-state index in [-0.39, 0.29) is 11.9 Å². The monoisotopic (exact) mass is 235 g/mol. The summed E-state index contributed by atoms with van der Waals surface area (Å²) >= 11 is 0. The van der Waals surface area contributed by atoms with Crippen molar-refractivity contribution < 1.29 is 14.3 Å². The van der Waals surface area contributed by atoms with Gasteiger partial charge in [0.2, 0.25) is 6.41 Å². The molecule has 0 radical (unpaired) electrons. The number of amides is 1. The third-order valence-corrected chi connectivity index (χ3v) is 2.43. The maximum Gasteiger partial charge on any atom is 0.313 e. The highest BCUT2D eigenvalue weighted by molar-refractivity contribution is 5.78. The van der Waals surface area contributed by atoms with E-state index in [1.54, 1.807) is 6.92 Å². The minimum absolute atomic E-state index is 0.244. The summed E-state index contributed by atoms with van der Waals surface area (Å²) in [6, 6.07) is 9.45. The number of hydrogen-bond donors (Lipinski definition) is 1. The van der Waals surface area contributed by atoms with E-state index >= 15 is 0 Å². The molecule has 1 atom stereocenters. The number of carbonyl (C=O) groups excluding carboxylic acids is 2. The number of rotatable bonds is 7. The van der Waals surface area contributed by atoms with Gasteiger partial charge in [0, 0.05) is 6.54 Å². The maximum absolute atomic E-state index is 11.8. The molecule has 0 bridgehead atoms. The van der Waals surface area contributed by atoms with E-state index in [0.717, 1.165) is 5.56 Å². The highest BCUT2D eigenvalue weighted by atomic mass is 16.5. The summed E-state index contributed by atoms with van der Waals surface area (Å²) in [7, 11) is 0. The zero-order valence-electron chi connectivity index (χ0n) is 9.89. The number of esters is 1. The second-order valence-corrected chi connectivity index (χ2v) is 3.58. The largest absolute Gasteiger partial charge is 0.466 e. The Bertz CT molecular complexity index is 351. The molecule has 1 aromatic rings. The molecule has 1 unspecified atom stereocenters. The molecule has 0 aliphatic carbocycles. The van der Waals surface area contributed by atoms with E-state index in [1.165, 1.54) is 0 Å². The third kappa shape index (κ3) is 4.26. The number of hydrogen-bond acceptors (Lipinski definition) is 3. The summed E-state index contributed by atoms with van der Waals surface area (Å²) in [5.74, 6) is -0.560. The molecule has 0 aromatic heterocycles. The Morgan fingerprint density at radius 3 is 2.71 bits per heavy atom. The Morgan fingerprint density at radius 1 is 1.41 bits per heavy atom. The standard InChI is InChI=1S/C13H17NO3/c1-2-17-13(16)12(8-9-14-10-15)11-6-4-3-5-7-11/h3-7,10,12H,2,8-9H2,1H3,(H,14,15). The number of carbonyl (C=O) groups is 2. The summed E-state index contributed by atoms with van der Waals surface area (Å²) in [5.41, 5.74) is 0.915. The van der Waals surface area contributed by atoms with Crippen molar-refractivity contribution in [3.05, 3.63) is 35.9 Å². The molecule has 0 spiro atoms. The molecule has 4 nitrogen and oxygen atoms in total. The lowest BCUT2D eigenvalue weighted by molar-refractivity contribution is -0.145. The normalized spacial score (nSPS) is 11.6. The van der Waals surface area contributed by atoms with Gasteiger partial charge < -0.3 is 10.1 Å². The van der Waals surface area contributed by atoms with Crippen molar-refractivity contribution >= 4 is 12.4 Å². The quantitative estimate of drug-likeness (QED) is 0.442. The molecular formula is C13H17NO3. The van der Waals surface area contributed by atoms with Crippen molar-refractivity contribution in [1.29, 1.82) is 0 Å². The van der Waals surface area contributed by atoms with Gasteiger partial charge in [-0.05, 0) is 18.9 Å². The molecule has 1 rings (SSSR count). The van der Waals surface area contributed by atoms with E-state index in [9.17, 15) is 9.59 Å². The van der Waals surface area contributed by atoms with Crippen LogP contribution < -0.4 is 5.32 Å². The van der Waals surface area contributed by atoms with Crippen LogP contribution in [0.4, 0.5) is 0 Å². The van der Waals surface area contributed by atoms with Gasteiger partial charge in [-0.1, -0.05) is 30.3 Å². The van der Waals surface area contributed by atoms with Crippen molar-refractivity contribution in [2.75, 3.05) is 13.2 Å². The molecule has 92 valence electrons. The highest BCUT2D eigenvalue weighted by Gasteiger charge is 2.21. The van der Waals surface area contributed by atoms with Crippen LogP contribution in [0.15, 0.2) is 30.3 Å². The van der Waals surface area contributed by atoms with Crippen LogP contribution in [0.1, 0.15) is 24.8 Å². The minimum atomic E-state index is -0.316. The van der Waals surface area contributed by atoms with Crippen LogP contribution in [0.2, 0.25) is 0 Å². The molecule has 0 saturated carbocycles. The van der Waals surface area contributed by atoms with Gasteiger partial charge in [-0.3, -0.25) is 9.59 Å². The molecule has 1 aromatic carbocycles. The van der Waals surface area contributed by atoms with E-state index in [0.29, 0.717) is 26.0 Å². The summed E-state index contributed by atoms with van der Waals surface area (Å²) in [4.78, 5) is 22.0. The van der Waals surface area contributed by atoms with E-state index in [4.69, 9.17) is 4.74 Å². The average Bonchev–Trinajstić information content (AvgIpc) is 2.36. The van der Waals surface area contributed by atoms with E-state index in [2.05, 4.69) is 5.32 Å². The fourth-order valence-corrected chi connectivity index (χ4v) is 1.64. The molecule has 0 fully saturated rings. The van der Waals surface area contributed by atoms with Crippen LogP contribution >= 0.6 is 0 Å². The molecular weight excluding hydrogens is 218 g/mol. The lowest BCUT2D eigenvalue weighted by Crippen LogP contribution is -2.22. The van der Waals surface area contributed by atoms with Crippen LogP contribution in [0.25, 0.3) is 0 Å². The van der Waals surface area contributed by atoms with Crippen molar-refractivity contribution in [3.63, 3.8) is 0 Å². The van der Waals surface area contributed by atoms with Gasteiger partial charge in [-0.2, -0.15) is 0 Å². The van der Waals surface area contributed by atoms with Gasteiger partial charge in [0.1, 0.15) is 0 Å². The minimum Gasteiger partial charge on any atom is -0.466 e. The molecule has 0 aliphatic heterocycles. The van der Waals surface area contributed by atoms with Crippen LogP contribution in [0.5, 0.6) is 0 Å². The molecule has 17 heavy (non-hydrogen) atoms. The summed E-state index contributed by atoms with van der Waals surface area (Å²) in [5, 5.41) is 2.56. The van der Waals surface area contributed by atoms with E-state index < -0.39 is 0 Å². The Morgan fingerprint density at radius 2 is 2.12 bits per heavy atom. The van der Waals surface area contributed by atoms with Gasteiger partial charge in [-0.25, -0.2) is 0 Å². The molecule has 0 aliphatic rings. The Balaban J connectivity index is 2.71. The highest BCUT2D eigenvalue weighted by Crippen LogP contribution is 2.20. The van der Waals surface area contributed by atoms with Gasteiger partial charge in [0.15, 0.2) is 0 Å². The van der Waals surface area contributed by atoms with Gasteiger partial charge in [0.05, 0.1) is 12.5 Å². The molecule has 1 amide bonds. The number of benzene rings is 1. The fourth-order valence-electron chi connectivity index (χ4n) is 1.64. The van der Waals surface area contributed by atoms with E-state index in [1.807, 2.05) is 30.3 Å². The summed E-state index contributed by atoms with van der Waals surface area (Å²) in [6.07, 6.45) is 1.18. The predicted molar refractivity (Wildman–Crippen MR) is 64.5 cm³/mol. The Kier molecular flexibility index (Phi) is 5.79. The van der Waals surface area contributed by atoms with Crippen molar-refractivity contribution in [1.82, 2.24) is 5.32 Å². The van der Waals surface area contributed by atoms with Crippen LogP contribution in [-0.4, -0.2) is 25.5 Å². The zero-order valence-corrected chi connectivity index (χ0v) is 9.89. The first-order valence-electron chi connectivity index (χ1n) is 5.68. The maximum atomic E-state index is 11.8. The molecule has 4 heteroatoms. The third-order valence-electron chi connectivity index (χ3n) is 2.43. The van der Waals surface area contributed by atoms with Gasteiger partial charge >= 0.3 is 5.97 Å². The second kappa shape index (κ2) is 7.44. The predicted octanol–water partition coefficient (Wildman–Crippen LogP) is 1.47. The van der Waals surface area contributed by atoms with Crippen molar-refractivity contribution in [2.45, 2.75) is 19.3 Å². The van der Waals surface area contributed by atoms with Crippen LogP contribution in [0, 0.1) is 0 Å².